The lowest BCUT2D eigenvalue weighted by molar-refractivity contribution is 0.369. The molecule has 2 rings (SSSR count). The summed E-state index contributed by atoms with van der Waals surface area (Å²) >= 11 is 0. The van der Waals surface area contributed by atoms with E-state index in [0.717, 1.165) is 5.92 Å². The van der Waals surface area contributed by atoms with Crippen LogP contribution in [0.3, 0.4) is 0 Å². The lowest BCUT2D eigenvalue weighted by atomic mass is 9.88. The van der Waals surface area contributed by atoms with E-state index < -0.39 is 0 Å². The number of hydrogen-bond donors (Lipinski definition) is 1. The van der Waals surface area contributed by atoms with Crippen molar-refractivity contribution in [1.82, 2.24) is 5.32 Å². The summed E-state index contributed by atoms with van der Waals surface area (Å²) < 4.78 is 0. The number of rotatable bonds is 6. The van der Waals surface area contributed by atoms with Gasteiger partial charge in [0.1, 0.15) is 0 Å². The first-order valence-corrected chi connectivity index (χ1v) is 9.32. The van der Waals surface area contributed by atoms with Gasteiger partial charge >= 0.3 is 0 Å². The van der Waals surface area contributed by atoms with E-state index in [4.69, 9.17) is 0 Å². The highest BCUT2D eigenvalue weighted by atomic mass is 14.9. The van der Waals surface area contributed by atoms with Crippen LogP contribution in [0.25, 0.3) is 0 Å². The van der Waals surface area contributed by atoms with Gasteiger partial charge in [0.25, 0.3) is 0 Å². The predicted octanol–water partition coefficient (Wildman–Crippen LogP) is 5.61. The summed E-state index contributed by atoms with van der Waals surface area (Å²) in [4.78, 5) is 0. The smallest absolute Gasteiger partial charge is 0.0282 e. The molecule has 1 N–H and O–H groups in total. The minimum atomic E-state index is 0.691. The molecule has 20 heavy (non-hydrogen) atoms. The second-order valence-corrected chi connectivity index (χ2v) is 6.98. The Bertz CT molecular complexity index is 273. The Kier molecular flexibility index (Phi) is 7.72. The first kappa shape index (κ1) is 16.1. The highest BCUT2D eigenvalue weighted by Gasteiger charge is 2.21. The van der Waals surface area contributed by atoms with Gasteiger partial charge in [-0.25, -0.2) is 0 Å². The molecule has 1 unspecified atom stereocenters. The van der Waals surface area contributed by atoms with E-state index in [1.807, 2.05) is 0 Å². The van der Waals surface area contributed by atoms with Crippen molar-refractivity contribution in [1.29, 1.82) is 0 Å². The van der Waals surface area contributed by atoms with Crippen LogP contribution in [0.4, 0.5) is 0 Å². The summed E-state index contributed by atoms with van der Waals surface area (Å²) in [5, 5.41) is 3.87. The normalized spacial score (nSPS) is 23.8. The van der Waals surface area contributed by atoms with Crippen molar-refractivity contribution >= 4 is 0 Å². The second kappa shape index (κ2) is 9.60. The van der Waals surface area contributed by atoms with Crippen LogP contribution in [0.1, 0.15) is 90.4 Å². The molecule has 0 aromatic carbocycles. The maximum absolute atomic E-state index is 3.87. The fraction of sp³-hybridized carbons (Fsp3) is 0.895. The minimum Gasteiger partial charge on any atom is -0.310 e. The van der Waals surface area contributed by atoms with Gasteiger partial charge < -0.3 is 5.32 Å². The molecule has 0 heterocycles. The third kappa shape index (κ3) is 5.60. The molecule has 0 aromatic heterocycles. The van der Waals surface area contributed by atoms with Gasteiger partial charge in [0.05, 0.1) is 0 Å². The lowest BCUT2D eigenvalue weighted by Gasteiger charge is -2.26. The molecular weight excluding hydrogens is 242 g/mol. The van der Waals surface area contributed by atoms with Crippen LogP contribution < -0.4 is 5.32 Å². The lowest BCUT2D eigenvalue weighted by Crippen LogP contribution is -2.33. The Labute approximate surface area is 126 Å². The molecule has 1 saturated carbocycles. The Hall–Kier alpha value is -0.300. The molecule has 1 heteroatoms. The molecule has 2 aliphatic carbocycles. The molecule has 1 atom stereocenters. The van der Waals surface area contributed by atoms with Crippen LogP contribution in [0.5, 0.6) is 0 Å². The summed E-state index contributed by atoms with van der Waals surface area (Å²) in [7, 11) is 0. The predicted molar refractivity (Wildman–Crippen MR) is 89.1 cm³/mol. The van der Waals surface area contributed by atoms with Crippen molar-refractivity contribution in [3.05, 3.63) is 11.6 Å². The summed E-state index contributed by atoms with van der Waals surface area (Å²) in [6.45, 7) is 3.48. The van der Waals surface area contributed by atoms with E-state index in [-0.39, 0.29) is 0 Å². The standard InChI is InChI=1S/C19H35N/c1-2-15-20-19(18-13-9-5-6-10-14-18)16-17-11-7-3-4-8-12-17/h13,17,19-20H,2-12,14-16H2,1H3. The summed E-state index contributed by atoms with van der Waals surface area (Å²) in [5.74, 6) is 0.982. The summed E-state index contributed by atoms with van der Waals surface area (Å²) in [6.07, 6.45) is 21.1. The molecule has 1 nitrogen and oxygen atoms in total. The first-order chi connectivity index (χ1) is 9.90. The van der Waals surface area contributed by atoms with Gasteiger partial charge in [-0.2, -0.15) is 0 Å². The molecule has 0 aromatic rings. The minimum absolute atomic E-state index is 0.691. The van der Waals surface area contributed by atoms with Crippen molar-refractivity contribution < 1.29 is 0 Å². The molecule has 2 aliphatic rings. The van der Waals surface area contributed by atoms with Gasteiger partial charge in [-0.15, -0.1) is 0 Å². The van der Waals surface area contributed by atoms with Crippen molar-refractivity contribution in [3.8, 4) is 0 Å². The second-order valence-electron chi connectivity index (χ2n) is 6.98. The maximum atomic E-state index is 3.87. The largest absolute Gasteiger partial charge is 0.310 e. The van der Waals surface area contributed by atoms with E-state index in [1.54, 1.807) is 5.57 Å². The molecule has 0 saturated heterocycles. The van der Waals surface area contributed by atoms with E-state index >= 15 is 0 Å². The SMILES string of the molecule is CCCNC(CC1CCCCCC1)C1=CCCCCC1. The van der Waals surface area contributed by atoms with Crippen LogP contribution >= 0.6 is 0 Å². The average molecular weight is 277 g/mol. The molecule has 0 aliphatic heterocycles. The molecule has 0 spiro atoms. The maximum Gasteiger partial charge on any atom is 0.0282 e. The monoisotopic (exact) mass is 277 g/mol. The topological polar surface area (TPSA) is 12.0 Å². The van der Waals surface area contributed by atoms with Crippen molar-refractivity contribution in [2.75, 3.05) is 6.54 Å². The van der Waals surface area contributed by atoms with Crippen molar-refractivity contribution in [3.63, 3.8) is 0 Å². The highest BCUT2D eigenvalue weighted by molar-refractivity contribution is 5.12. The van der Waals surface area contributed by atoms with Gasteiger partial charge in [-0.05, 0) is 51.0 Å². The Balaban J connectivity index is 1.92. The first-order valence-electron chi connectivity index (χ1n) is 9.32. The zero-order chi connectivity index (χ0) is 14.0. The van der Waals surface area contributed by atoms with Gasteiger partial charge in [0.2, 0.25) is 0 Å². The van der Waals surface area contributed by atoms with Crippen LogP contribution in [-0.2, 0) is 0 Å². The number of allylic oxidation sites excluding steroid dienone is 1. The molecule has 116 valence electrons. The third-order valence-corrected chi connectivity index (χ3v) is 5.21. The fourth-order valence-corrected chi connectivity index (χ4v) is 3.97. The van der Waals surface area contributed by atoms with Crippen LogP contribution in [-0.4, -0.2) is 12.6 Å². The Morgan fingerprint density at radius 1 is 1.05 bits per heavy atom. The average Bonchev–Trinajstić information content (AvgIpc) is 2.88. The number of nitrogens with one attached hydrogen (secondary N) is 1. The highest BCUT2D eigenvalue weighted by Crippen LogP contribution is 2.30. The van der Waals surface area contributed by atoms with Crippen molar-refractivity contribution in [2.45, 2.75) is 96.4 Å². The quantitative estimate of drug-likeness (QED) is 0.492. The molecule has 0 radical (unpaired) electrons. The van der Waals surface area contributed by atoms with Gasteiger partial charge in [0, 0.05) is 6.04 Å². The molecule has 0 bridgehead atoms. The molecular formula is C19H35N. The van der Waals surface area contributed by atoms with Crippen LogP contribution in [0, 0.1) is 5.92 Å². The van der Waals surface area contributed by atoms with E-state index in [9.17, 15) is 0 Å². The summed E-state index contributed by atoms with van der Waals surface area (Å²) in [6, 6.07) is 0.691. The summed E-state index contributed by atoms with van der Waals surface area (Å²) in [5.41, 5.74) is 1.75. The van der Waals surface area contributed by atoms with Gasteiger partial charge in [0.15, 0.2) is 0 Å². The molecule has 0 amide bonds. The van der Waals surface area contributed by atoms with Crippen LogP contribution in [0.15, 0.2) is 11.6 Å². The zero-order valence-corrected chi connectivity index (χ0v) is 13.6. The van der Waals surface area contributed by atoms with E-state index in [2.05, 4.69) is 18.3 Å². The fourth-order valence-electron chi connectivity index (χ4n) is 3.97. The van der Waals surface area contributed by atoms with Gasteiger partial charge in [-0.1, -0.05) is 63.5 Å². The Morgan fingerprint density at radius 2 is 1.80 bits per heavy atom. The Morgan fingerprint density at radius 3 is 2.55 bits per heavy atom. The number of hydrogen-bond acceptors (Lipinski definition) is 1. The molecule has 1 fully saturated rings. The van der Waals surface area contributed by atoms with Gasteiger partial charge in [-0.3, -0.25) is 0 Å². The third-order valence-electron chi connectivity index (χ3n) is 5.21. The van der Waals surface area contributed by atoms with Crippen LogP contribution in [0.2, 0.25) is 0 Å². The zero-order valence-electron chi connectivity index (χ0n) is 13.6. The van der Waals surface area contributed by atoms with E-state index in [1.165, 1.54) is 90.0 Å². The van der Waals surface area contributed by atoms with E-state index in [0.29, 0.717) is 6.04 Å². The van der Waals surface area contributed by atoms with Crippen molar-refractivity contribution in [2.24, 2.45) is 5.92 Å².